The maximum Gasteiger partial charge on any atom is 0.255 e. The molecule has 1 atom stereocenters. The van der Waals surface area contributed by atoms with Gasteiger partial charge in [-0.15, -0.1) is 0 Å². The molecule has 7 heteroatoms. The Morgan fingerprint density at radius 2 is 1.83 bits per heavy atom. The van der Waals surface area contributed by atoms with Gasteiger partial charge in [0.2, 0.25) is 11.8 Å². The van der Waals surface area contributed by atoms with Crippen molar-refractivity contribution in [3.05, 3.63) is 59.9 Å². The molecule has 2 N–H and O–H groups in total. The van der Waals surface area contributed by atoms with Crippen molar-refractivity contribution in [2.75, 3.05) is 23.7 Å². The fourth-order valence-corrected chi connectivity index (χ4v) is 3.22. The van der Waals surface area contributed by atoms with Crippen molar-refractivity contribution in [2.45, 2.75) is 26.2 Å². The Morgan fingerprint density at radius 3 is 2.52 bits per heavy atom. The lowest BCUT2D eigenvalue weighted by Crippen LogP contribution is -2.29. The molecule has 0 aromatic heterocycles. The quantitative estimate of drug-likeness (QED) is 0.748. The Labute approximate surface area is 169 Å². The highest BCUT2D eigenvalue weighted by molar-refractivity contribution is 6.05. The lowest BCUT2D eigenvalue weighted by molar-refractivity contribution is -0.128. The summed E-state index contributed by atoms with van der Waals surface area (Å²) in [4.78, 5) is 38.5. The second-order valence-electron chi connectivity index (χ2n) is 7.09. The number of carbonyl (C=O) groups excluding carboxylic acids is 3. The number of nitrogens with one attached hydrogen (secondary N) is 2. The second-order valence-corrected chi connectivity index (χ2v) is 7.09. The van der Waals surface area contributed by atoms with Gasteiger partial charge in [0.25, 0.3) is 5.91 Å². The molecule has 1 heterocycles. The second kappa shape index (κ2) is 9.32. The standard InChI is InChI=1S/C22H24FN3O3/c1-2-3-12-26-14-16(13-20(26)27)22(29)24-17-10-8-15(9-11-17)21(28)25-19-7-5-4-6-18(19)23/h4-11,16H,2-3,12-14H2,1H3,(H,24,29)(H,25,28)/t16-/m1/s1. The molecule has 2 aromatic carbocycles. The third-order valence-corrected chi connectivity index (χ3v) is 4.90. The first-order valence-electron chi connectivity index (χ1n) is 9.72. The van der Waals surface area contributed by atoms with Gasteiger partial charge in [-0.05, 0) is 42.8 Å². The number of rotatable bonds is 7. The summed E-state index contributed by atoms with van der Waals surface area (Å²) in [5, 5.41) is 5.31. The molecule has 3 rings (SSSR count). The van der Waals surface area contributed by atoms with Crippen molar-refractivity contribution in [3.63, 3.8) is 0 Å². The molecular formula is C22H24FN3O3. The number of carbonyl (C=O) groups is 3. The summed E-state index contributed by atoms with van der Waals surface area (Å²) in [6.45, 7) is 3.18. The van der Waals surface area contributed by atoms with Gasteiger partial charge < -0.3 is 15.5 Å². The molecule has 29 heavy (non-hydrogen) atoms. The van der Waals surface area contributed by atoms with Crippen molar-refractivity contribution in [1.82, 2.24) is 4.90 Å². The van der Waals surface area contributed by atoms with Crippen LogP contribution in [0.25, 0.3) is 0 Å². The van der Waals surface area contributed by atoms with Crippen molar-refractivity contribution < 1.29 is 18.8 Å². The maximum absolute atomic E-state index is 13.7. The molecule has 0 radical (unpaired) electrons. The van der Waals surface area contributed by atoms with Crippen molar-refractivity contribution in [1.29, 1.82) is 0 Å². The van der Waals surface area contributed by atoms with Gasteiger partial charge in [-0.1, -0.05) is 25.5 Å². The summed E-state index contributed by atoms with van der Waals surface area (Å²) >= 11 is 0. The normalized spacial score (nSPS) is 16.0. The topological polar surface area (TPSA) is 78.5 Å². The smallest absolute Gasteiger partial charge is 0.255 e. The summed E-state index contributed by atoms with van der Waals surface area (Å²) in [5.41, 5.74) is 0.985. The molecule has 1 aliphatic rings. The van der Waals surface area contributed by atoms with E-state index in [1.165, 1.54) is 12.1 Å². The van der Waals surface area contributed by atoms with Crippen molar-refractivity contribution in [2.24, 2.45) is 5.92 Å². The number of hydrogen-bond donors (Lipinski definition) is 2. The first kappa shape index (κ1) is 20.5. The third kappa shape index (κ3) is 5.19. The van der Waals surface area contributed by atoms with Crippen LogP contribution in [0.15, 0.2) is 48.5 Å². The zero-order valence-electron chi connectivity index (χ0n) is 16.3. The van der Waals surface area contributed by atoms with Crippen LogP contribution in [0.5, 0.6) is 0 Å². The molecule has 1 fully saturated rings. The number of unbranched alkanes of at least 4 members (excludes halogenated alkanes) is 1. The third-order valence-electron chi connectivity index (χ3n) is 4.90. The first-order chi connectivity index (χ1) is 14.0. The number of para-hydroxylation sites is 1. The Hall–Kier alpha value is -3.22. The fourth-order valence-electron chi connectivity index (χ4n) is 3.22. The molecule has 0 unspecified atom stereocenters. The highest BCUT2D eigenvalue weighted by atomic mass is 19.1. The van der Waals surface area contributed by atoms with Crippen LogP contribution >= 0.6 is 0 Å². The van der Waals surface area contributed by atoms with Crippen LogP contribution in [-0.2, 0) is 9.59 Å². The number of likely N-dealkylation sites (tertiary alicyclic amines) is 1. The average Bonchev–Trinajstić information content (AvgIpc) is 3.09. The zero-order chi connectivity index (χ0) is 20.8. The highest BCUT2D eigenvalue weighted by Crippen LogP contribution is 2.21. The van der Waals surface area contributed by atoms with E-state index < -0.39 is 11.7 Å². The van der Waals surface area contributed by atoms with Gasteiger partial charge in [0, 0.05) is 30.8 Å². The predicted molar refractivity (Wildman–Crippen MR) is 109 cm³/mol. The van der Waals surface area contributed by atoms with Crippen molar-refractivity contribution in [3.8, 4) is 0 Å². The minimum absolute atomic E-state index is 0.0127. The lowest BCUT2D eigenvalue weighted by atomic mass is 10.1. The Balaban J connectivity index is 1.56. The first-order valence-corrected chi connectivity index (χ1v) is 9.72. The van der Waals surface area contributed by atoms with E-state index in [9.17, 15) is 18.8 Å². The summed E-state index contributed by atoms with van der Waals surface area (Å²) in [6.07, 6.45) is 2.15. The van der Waals surface area contributed by atoms with Crippen LogP contribution in [0.1, 0.15) is 36.5 Å². The predicted octanol–water partition coefficient (Wildman–Crippen LogP) is 3.67. The largest absolute Gasteiger partial charge is 0.342 e. The van der Waals surface area contributed by atoms with Crippen LogP contribution in [0.4, 0.5) is 15.8 Å². The molecule has 1 saturated heterocycles. The molecule has 3 amide bonds. The van der Waals surface area contributed by atoms with Crippen LogP contribution in [0.3, 0.4) is 0 Å². The number of benzene rings is 2. The van der Waals surface area contributed by atoms with E-state index in [4.69, 9.17) is 0 Å². The van der Waals surface area contributed by atoms with Gasteiger partial charge >= 0.3 is 0 Å². The molecule has 0 bridgehead atoms. The molecule has 6 nitrogen and oxygen atoms in total. The van der Waals surface area contributed by atoms with E-state index in [1.807, 2.05) is 0 Å². The number of hydrogen-bond acceptors (Lipinski definition) is 3. The summed E-state index contributed by atoms with van der Waals surface area (Å²) in [6, 6.07) is 12.3. The Morgan fingerprint density at radius 1 is 1.10 bits per heavy atom. The Kier molecular flexibility index (Phi) is 6.59. The number of anilines is 2. The van der Waals surface area contributed by atoms with E-state index in [1.54, 1.807) is 41.3 Å². The van der Waals surface area contributed by atoms with E-state index >= 15 is 0 Å². The number of amides is 3. The van der Waals surface area contributed by atoms with Gasteiger partial charge in [0.15, 0.2) is 0 Å². The molecule has 0 aliphatic carbocycles. The lowest BCUT2D eigenvalue weighted by Gasteiger charge is -2.16. The molecule has 152 valence electrons. The number of halogens is 1. The average molecular weight is 397 g/mol. The van der Waals surface area contributed by atoms with Crippen LogP contribution in [0, 0.1) is 11.7 Å². The fraction of sp³-hybridized carbons (Fsp3) is 0.318. The van der Waals surface area contributed by atoms with Gasteiger partial charge in [0.1, 0.15) is 5.82 Å². The van der Waals surface area contributed by atoms with Gasteiger partial charge in [-0.2, -0.15) is 0 Å². The highest BCUT2D eigenvalue weighted by Gasteiger charge is 2.33. The van der Waals surface area contributed by atoms with Crippen LogP contribution in [-0.4, -0.2) is 35.7 Å². The van der Waals surface area contributed by atoms with Gasteiger partial charge in [-0.25, -0.2) is 4.39 Å². The zero-order valence-corrected chi connectivity index (χ0v) is 16.3. The summed E-state index contributed by atoms with van der Waals surface area (Å²) in [5.74, 6) is -1.52. The molecule has 0 saturated carbocycles. The molecular weight excluding hydrogens is 373 g/mol. The van der Waals surface area contributed by atoms with Gasteiger partial charge in [-0.3, -0.25) is 14.4 Å². The van der Waals surface area contributed by atoms with E-state index in [-0.39, 0.29) is 29.8 Å². The minimum Gasteiger partial charge on any atom is -0.342 e. The molecule has 2 aromatic rings. The van der Waals surface area contributed by atoms with Gasteiger partial charge in [0.05, 0.1) is 11.6 Å². The molecule has 1 aliphatic heterocycles. The Bertz CT molecular complexity index is 898. The van der Waals surface area contributed by atoms with Crippen LogP contribution in [0.2, 0.25) is 0 Å². The van der Waals surface area contributed by atoms with Crippen LogP contribution < -0.4 is 10.6 Å². The van der Waals surface area contributed by atoms with Crippen molar-refractivity contribution >= 4 is 29.1 Å². The maximum atomic E-state index is 13.7. The summed E-state index contributed by atoms with van der Waals surface area (Å²) in [7, 11) is 0. The number of nitrogens with zero attached hydrogens (tertiary/aromatic N) is 1. The minimum atomic E-state index is -0.510. The van der Waals surface area contributed by atoms with E-state index in [2.05, 4.69) is 17.6 Å². The van der Waals surface area contributed by atoms with E-state index in [0.29, 0.717) is 24.3 Å². The SMILES string of the molecule is CCCCN1C[C@H](C(=O)Nc2ccc(C(=O)Nc3ccccc3F)cc2)CC1=O. The monoisotopic (exact) mass is 397 g/mol. The molecule has 0 spiro atoms. The van der Waals surface area contributed by atoms with E-state index in [0.717, 1.165) is 12.8 Å². The summed E-state index contributed by atoms with van der Waals surface area (Å²) < 4.78 is 13.7.